The van der Waals surface area contributed by atoms with Gasteiger partial charge in [0, 0.05) is 25.7 Å². The predicted molar refractivity (Wildman–Crippen MR) is 64.1 cm³/mol. The third-order valence-corrected chi connectivity index (χ3v) is 3.14. The molecule has 1 amide bonds. The smallest absolute Gasteiger partial charge is 0.248 e. The predicted octanol–water partition coefficient (Wildman–Crippen LogP) is 1.14. The Bertz CT molecular complexity index is 203. The summed E-state index contributed by atoms with van der Waals surface area (Å²) in [6.07, 6.45) is 6.00. The molecule has 0 unspecified atom stereocenters. The van der Waals surface area contributed by atoms with Crippen LogP contribution in [0, 0.1) is 0 Å². The molecule has 0 radical (unpaired) electrons. The lowest BCUT2D eigenvalue weighted by Crippen LogP contribution is -2.45. The Morgan fingerprint density at radius 2 is 2.06 bits per heavy atom. The quantitative estimate of drug-likeness (QED) is 0.742. The maximum Gasteiger partial charge on any atom is 0.248 e. The number of carbonyl (C=O) groups is 1. The van der Waals surface area contributed by atoms with Crippen LogP contribution in [0.5, 0.6) is 0 Å². The van der Waals surface area contributed by atoms with E-state index < -0.39 is 0 Å². The second-order valence-corrected chi connectivity index (χ2v) is 4.30. The van der Waals surface area contributed by atoms with E-state index in [1.54, 1.807) is 0 Å². The van der Waals surface area contributed by atoms with Gasteiger partial charge in [-0.15, -0.1) is 0 Å². The van der Waals surface area contributed by atoms with Crippen molar-refractivity contribution in [2.24, 2.45) is 5.73 Å². The molecule has 0 spiro atoms. The summed E-state index contributed by atoms with van der Waals surface area (Å²) in [5.74, 6) is 0.0965. The van der Waals surface area contributed by atoms with Gasteiger partial charge >= 0.3 is 0 Å². The Balaban J connectivity index is 2.47. The van der Waals surface area contributed by atoms with Crippen molar-refractivity contribution in [3.63, 3.8) is 0 Å². The minimum atomic E-state index is 0.0965. The van der Waals surface area contributed by atoms with Gasteiger partial charge in [-0.3, -0.25) is 4.79 Å². The number of hydrogen-bond acceptors (Lipinski definition) is 3. The van der Waals surface area contributed by atoms with E-state index in [1.165, 1.54) is 19.3 Å². The molecule has 1 aliphatic carbocycles. The first kappa shape index (κ1) is 13.5. The summed E-state index contributed by atoms with van der Waals surface area (Å²) in [6, 6.07) is 0.394. The topological polar surface area (TPSA) is 55.6 Å². The summed E-state index contributed by atoms with van der Waals surface area (Å²) in [6.45, 7) is 3.89. The second-order valence-electron chi connectivity index (χ2n) is 4.30. The number of nitrogens with two attached hydrogens (primary N) is 1. The fourth-order valence-electron chi connectivity index (χ4n) is 2.31. The Morgan fingerprint density at radius 3 is 2.62 bits per heavy atom. The molecular formula is C12H24N2O2. The Labute approximate surface area is 98.1 Å². The molecule has 0 aliphatic heterocycles. The van der Waals surface area contributed by atoms with Gasteiger partial charge in [-0.05, 0) is 19.8 Å². The highest BCUT2D eigenvalue weighted by molar-refractivity contribution is 5.77. The fraction of sp³-hybridized carbons (Fsp3) is 0.917. The van der Waals surface area contributed by atoms with Gasteiger partial charge in [0.15, 0.2) is 0 Å². The summed E-state index contributed by atoms with van der Waals surface area (Å²) < 4.78 is 5.18. The van der Waals surface area contributed by atoms with Gasteiger partial charge in [-0.1, -0.05) is 19.3 Å². The normalized spacial score (nSPS) is 17.4. The average molecular weight is 228 g/mol. The largest absolute Gasteiger partial charge is 0.372 e. The summed E-state index contributed by atoms with van der Waals surface area (Å²) in [5.41, 5.74) is 5.57. The van der Waals surface area contributed by atoms with Gasteiger partial charge in [-0.25, -0.2) is 0 Å². The van der Waals surface area contributed by atoms with Crippen LogP contribution in [0.2, 0.25) is 0 Å². The van der Waals surface area contributed by atoms with Crippen LogP contribution in [0.3, 0.4) is 0 Å². The van der Waals surface area contributed by atoms with E-state index >= 15 is 0 Å². The van der Waals surface area contributed by atoms with Crippen molar-refractivity contribution in [3.05, 3.63) is 0 Å². The van der Waals surface area contributed by atoms with Crippen molar-refractivity contribution in [1.82, 2.24) is 4.90 Å². The molecule has 0 aromatic carbocycles. The Kier molecular flexibility index (Phi) is 6.42. The molecule has 0 atom stereocenters. The van der Waals surface area contributed by atoms with Crippen molar-refractivity contribution in [1.29, 1.82) is 0 Å². The van der Waals surface area contributed by atoms with E-state index in [0.29, 0.717) is 25.7 Å². The van der Waals surface area contributed by atoms with Gasteiger partial charge in [0.2, 0.25) is 5.91 Å². The summed E-state index contributed by atoms with van der Waals surface area (Å²) in [5, 5.41) is 0. The molecule has 94 valence electrons. The van der Waals surface area contributed by atoms with Crippen LogP contribution < -0.4 is 5.73 Å². The summed E-state index contributed by atoms with van der Waals surface area (Å²) in [7, 11) is 0. The molecule has 1 saturated carbocycles. The molecule has 0 bridgehead atoms. The molecule has 0 saturated heterocycles. The van der Waals surface area contributed by atoms with E-state index in [1.807, 2.05) is 11.8 Å². The van der Waals surface area contributed by atoms with Crippen LogP contribution in [0.15, 0.2) is 0 Å². The number of hydrogen-bond donors (Lipinski definition) is 1. The van der Waals surface area contributed by atoms with Crippen molar-refractivity contribution < 1.29 is 9.53 Å². The number of nitrogens with zero attached hydrogens (tertiary/aromatic N) is 1. The number of amides is 1. The first-order valence-electron chi connectivity index (χ1n) is 6.36. The molecule has 16 heavy (non-hydrogen) atoms. The van der Waals surface area contributed by atoms with Gasteiger partial charge in [0.1, 0.15) is 6.61 Å². The maximum absolute atomic E-state index is 11.9. The van der Waals surface area contributed by atoms with Gasteiger partial charge in [-0.2, -0.15) is 0 Å². The Morgan fingerprint density at radius 1 is 1.38 bits per heavy atom. The maximum atomic E-state index is 11.9. The minimum absolute atomic E-state index is 0.0965. The van der Waals surface area contributed by atoms with Gasteiger partial charge in [0.05, 0.1) is 0 Å². The zero-order chi connectivity index (χ0) is 11.8. The monoisotopic (exact) mass is 228 g/mol. The number of ether oxygens (including phenoxy) is 1. The molecule has 4 nitrogen and oxygen atoms in total. The lowest BCUT2D eigenvalue weighted by molar-refractivity contribution is -0.138. The van der Waals surface area contributed by atoms with Crippen LogP contribution in [0.4, 0.5) is 0 Å². The molecule has 0 aromatic heterocycles. The summed E-state index contributed by atoms with van der Waals surface area (Å²) in [4.78, 5) is 13.9. The first-order valence-corrected chi connectivity index (χ1v) is 6.36. The standard InChI is InChI=1S/C12H24N2O2/c1-2-16-10-12(15)14(9-8-13)11-6-4-3-5-7-11/h11H,2-10,13H2,1H3. The zero-order valence-electron chi connectivity index (χ0n) is 10.3. The average Bonchev–Trinajstić information content (AvgIpc) is 2.34. The second kappa shape index (κ2) is 7.63. The first-order chi connectivity index (χ1) is 7.79. The van der Waals surface area contributed by atoms with Crippen LogP contribution in [0.25, 0.3) is 0 Å². The SMILES string of the molecule is CCOCC(=O)N(CCN)C1CCCCC1. The zero-order valence-corrected chi connectivity index (χ0v) is 10.3. The van der Waals surface area contributed by atoms with Gasteiger partial charge in [0.25, 0.3) is 0 Å². The van der Waals surface area contributed by atoms with Crippen LogP contribution >= 0.6 is 0 Å². The molecule has 1 fully saturated rings. The highest BCUT2D eigenvalue weighted by Crippen LogP contribution is 2.22. The van der Waals surface area contributed by atoms with Crippen LogP contribution in [-0.4, -0.2) is 43.2 Å². The molecule has 1 rings (SSSR count). The fourth-order valence-corrected chi connectivity index (χ4v) is 2.31. The lowest BCUT2D eigenvalue weighted by atomic mass is 9.94. The van der Waals surface area contributed by atoms with Gasteiger partial charge < -0.3 is 15.4 Å². The molecule has 2 N–H and O–H groups in total. The molecule has 4 heteroatoms. The third-order valence-electron chi connectivity index (χ3n) is 3.14. The van der Waals surface area contributed by atoms with Crippen LogP contribution in [-0.2, 0) is 9.53 Å². The van der Waals surface area contributed by atoms with E-state index in [9.17, 15) is 4.79 Å². The van der Waals surface area contributed by atoms with Crippen molar-refractivity contribution in [2.45, 2.75) is 45.1 Å². The highest BCUT2D eigenvalue weighted by atomic mass is 16.5. The minimum Gasteiger partial charge on any atom is -0.372 e. The van der Waals surface area contributed by atoms with Crippen molar-refractivity contribution in [2.75, 3.05) is 26.3 Å². The Hall–Kier alpha value is -0.610. The van der Waals surface area contributed by atoms with Crippen molar-refractivity contribution in [3.8, 4) is 0 Å². The summed E-state index contributed by atoms with van der Waals surface area (Å²) >= 11 is 0. The number of carbonyl (C=O) groups excluding carboxylic acids is 1. The van der Waals surface area contributed by atoms with Crippen molar-refractivity contribution >= 4 is 5.91 Å². The van der Waals surface area contributed by atoms with E-state index in [4.69, 9.17) is 10.5 Å². The van der Waals surface area contributed by atoms with Crippen LogP contribution in [0.1, 0.15) is 39.0 Å². The number of rotatable bonds is 6. The lowest BCUT2D eigenvalue weighted by Gasteiger charge is -2.34. The highest BCUT2D eigenvalue weighted by Gasteiger charge is 2.24. The molecule has 1 aliphatic rings. The molecular weight excluding hydrogens is 204 g/mol. The van der Waals surface area contributed by atoms with E-state index in [0.717, 1.165) is 12.8 Å². The third kappa shape index (κ3) is 4.10. The van der Waals surface area contributed by atoms with E-state index in [2.05, 4.69) is 0 Å². The van der Waals surface area contributed by atoms with E-state index in [-0.39, 0.29) is 12.5 Å². The molecule has 0 heterocycles. The molecule has 0 aromatic rings.